The van der Waals surface area contributed by atoms with Gasteiger partial charge in [0.15, 0.2) is 0 Å². The first-order valence-corrected chi connectivity index (χ1v) is 4.74. The van der Waals surface area contributed by atoms with E-state index in [0.29, 0.717) is 0 Å². The normalized spacial score (nSPS) is 10.4. The van der Waals surface area contributed by atoms with E-state index in [1.54, 1.807) is 13.2 Å². The lowest BCUT2D eigenvalue weighted by atomic mass is 10.2. The van der Waals surface area contributed by atoms with Crippen molar-refractivity contribution < 1.29 is 9.53 Å². The van der Waals surface area contributed by atoms with Crippen LogP contribution in [0.2, 0.25) is 0 Å². The van der Waals surface area contributed by atoms with Crippen LogP contribution in [0.5, 0.6) is 5.75 Å². The van der Waals surface area contributed by atoms with Gasteiger partial charge in [0.25, 0.3) is 0 Å². The van der Waals surface area contributed by atoms with Crippen LogP contribution >= 0.6 is 15.9 Å². The summed E-state index contributed by atoms with van der Waals surface area (Å²) in [5, 5.41) is 0. The van der Waals surface area contributed by atoms with Crippen molar-refractivity contribution in [3.63, 3.8) is 0 Å². The quantitative estimate of drug-likeness (QED) is 0.840. The summed E-state index contributed by atoms with van der Waals surface area (Å²) < 4.78 is 5.89. The zero-order valence-corrected chi connectivity index (χ0v) is 9.24. The molecular weight excluding hydrogens is 246 g/mol. The van der Waals surface area contributed by atoms with Crippen LogP contribution in [0.25, 0.3) is 6.08 Å². The summed E-state index contributed by atoms with van der Waals surface area (Å²) in [6, 6.07) is 5.47. The number of nitrogens with two attached hydrogens (primary N) is 1. The Labute approximate surface area is 90.7 Å². The van der Waals surface area contributed by atoms with Crippen LogP contribution in [0.1, 0.15) is 5.56 Å². The minimum absolute atomic E-state index is 0.465. The Hall–Kier alpha value is -1.29. The van der Waals surface area contributed by atoms with Crippen molar-refractivity contribution in [1.29, 1.82) is 0 Å². The van der Waals surface area contributed by atoms with Crippen molar-refractivity contribution in [2.24, 2.45) is 5.73 Å². The van der Waals surface area contributed by atoms with E-state index in [4.69, 9.17) is 10.5 Å². The maximum Gasteiger partial charge on any atom is 0.241 e. The molecule has 0 aromatic heterocycles. The van der Waals surface area contributed by atoms with Crippen molar-refractivity contribution in [2.75, 3.05) is 7.11 Å². The van der Waals surface area contributed by atoms with Gasteiger partial charge >= 0.3 is 0 Å². The maximum absolute atomic E-state index is 10.5. The predicted molar refractivity (Wildman–Crippen MR) is 58.9 cm³/mol. The first kappa shape index (κ1) is 10.8. The molecule has 14 heavy (non-hydrogen) atoms. The van der Waals surface area contributed by atoms with Crippen molar-refractivity contribution >= 4 is 27.9 Å². The molecule has 1 rings (SSSR count). The number of benzene rings is 1. The van der Waals surface area contributed by atoms with Crippen LogP contribution in [-0.2, 0) is 4.79 Å². The van der Waals surface area contributed by atoms with Gasteiger partial charge in [0.05, 0.1) is 7.11 Å². The summed E-state index contributed by atoms with van der Waals surface area (Å²) in [5.74, 6) is 0.292. The molecule has 0 atom stereocenters. The van der Waals surface area contributed by atoms with Crippen molar-refractivity contribution in [2.45, 2.75) is 0 Å². The van der Waals surface area contributed by atoms with Gasteiger partial charge in [-0.2, -0.15) is 0 Å². The molecule has 2 N–H and O–H groups in total. The first-order valence-electron chi connectivity index (χ1n) is 3.94. The topological polar surface area (TPSA) is 52.3 Å². The van der Waals surface area contributed by atoms with Crippen LogP contribution in [0, 0.1) is 0 Å². The molecule has 1 aromatic rings. The van der Waals surface area contributed by atoms with Crippen molar-refractivity contribution in [1.82, 2.24) is 0 Å². The van der Waals surface area contributed by atoms with Crippen LogP contribution in [0.3, 0.4) is 0 Å². The third-order valence-electron chi connectivity index (χ3n) is 1.63. The molecule has 0 saturated carbocycles. The highest BCUT2D eigenvalue weighted by Gasteiger charge is 1.98. The number of amides is 1. The number of ether oxygens (including phenoxy) is 1. The van der Waals surface area contributed by atoms with Gasteiger partial charge in [-0.15, -0.1) is 0 Å². The fourth-order valence-electron chi connectivity index (χ4n) is 0.942. The Morgan fingerprint density at radius 1 is 1.57 bits per heavy atom. The van der Waals surface area contributed by atoms with E-state index in [2.05, 4.69) is 15.9 Å². The van der Waals surface area contributed by atoms with Crippen molar-refractivity contribution in [3.8, 4) is 5.75 Å². The summed E-state index contributed by atoms with van der Waals surface area (Å²) in [5.41, 5.74) is 5.86. The highest BCUT2D eigenvalue weighted by atomic mass is 79.9. The molecule has 74 valence electrons. The number of methoxy groups -OCH3 is 1. The molecular formula is C10H10BrNO2. The third-order valence-corrected chi connectivity index (χ3v) is 2.32. The molecule has 1 amide bonds. The molecule has 0 unspecified atom stereocenters. The molecule has 0 bridgehead atoms. The Kier molecular flexibility index (Phi) is 3.71. The van der Waals surface area contributed by atoms with E-state index in [-0.39, 0.29) is 0 Å². The maximum atomic E-state index is 10.5. The lowest BCUT2D eigenvalue weighted by Crippen LogP contribution is -2.05. The third kappa shape index (κ3) is 2.88. The molecule has 0 heterocycles. The number of hydrogen-bond donors (Lipinski definition) is 1. The molecule has 3 nitrogen and oxygen atoms in total. The standard InChI is InChI=1S/C10H10BrNO2/c1-14-8-4-2-7(9(11)6-8)3-5-10(12)13/h2-6H,1H3,(H2,12,13). The summed E-state index contributed by atoms with van der Waals surface area (Å²) >= 11 is 3.35. The Morgan fingerprint density at radius 3 is 2.79 bits per heavy atom. The second-order valence-corrected chi connectivity index (χ2v) is 3.48. The van der Waals surface area contributed by atoms with Crippen LogP contribution in [-0.4, -0.2) is 13.0 Å². The van der Waals surface area contributed by atoms with Crippen LogP contribution in [0.15, 0.2) is 28.7 Å². The molecule has 1 aromatic carbocycles. The SMILES string of the molecule is COc1ccc(C=CC(N)=O)c(Br)c1. The molecule has 0 radical (unpaired) electrons. The zero-order valence-electron chi connectivity index (χ0n) is 7.66. The van der Waals surface area contributed by atoms with Gasteiger partial charge in [-0.3, -0.25) is 4.79 Å². The van der Waals surface area contributed by atoms with Gasteiger partial charge in [-0.25, -0.2) is 0 Å². The zero-order chi connectivity index (χ0) is 10.6. The molecule has 0 aliphatic rings. The molecule has 0 saturated heterocycles. The number of carbonyl (C=O) groups excluding carboxylic acids is 1. The Bertz CT molecular complexity index is 374. The molecule has 0 aliphatic heterocycles. The number of primary amides is 1. The highest BCUT2D eigenvalue weighted by Crippen LogP contribution is 2.23. The summed E-state index contributed by atoms with van der Waals surface area (Å²) in [7, 11) is 1.60. The molecule has 0 fully saturated rings. The van der Waals surface area contributed by atoms with Crippen molar-refractivity contribution in [3.05, 3.63) is 34.3 Å². The van der Waals surface area contributed by atoms with Gasteiger partial charge < -0.3 is 10.5 Å². The van der Waals surface area contributed by atoms with Gasteiger partial charge in [0.2, 0.25) is 5.91 Å². The van der Waals surface area contributed by atoms with E-state index in [1.165, 1.54) is 6.08 Å². The number of rotatable bonds is 3. The second-order valence-electron chi connectivity index (χ2n) is 2.62. The number of hydrogen-bond acceptors (Lipinski definition) is 2. The molecule has 0 spiro atoms. The summed E-state index contributed by atoms with van der Waals surface area (Å²) in [6.45, 7) is 0. The lowest BCUT2D eigenvalue weighted by Gasteiger charge is -2.02. The van der Waals surface area contributed by atoms with Gasteiger partial charge in [-0.05, 0) is 23.8 Å². The fraction of sp³-hybridized carbons (Fsp3) is 0.100. The average molecular weight is 256 g/mol. The van der Waals surface area contributed by atoms with E-state index < -0.39 is 5.91 Å². The van der Waals surface area contributed by atoms with E-state index in [9.17, 15) is 4.79 Å². The second kappa shape index (κ2) is 4.81. The van der Waals surface area contributed by atoms with E-state index in [0.717, 1.165) is 15.8 Å². The average Bonchev–Trinajstić information content (AvgIpc) is 2.15. The summed E-state index contributed by atoms with van der Waals surface area (Å²) in [6.07, 6.45) is 2.96. The fourth-order valence-corrected chi connectivity index (χ4v) is 1.43. The number of carbonyl (C=O) groups is 1. The Balaban J connectivity index is 2.94. The lowest BCUT2D eigenvalue weighted by molar-refractivity contribution is -0.113. The highest BCUT2D eigenvalue weighted by molar-refractivity contribution is 9.10. The number of halogens is 1. The predicted octanol–water partition coefficient (Wildman–Crippen LogP) is 1.96. The van der Waals surface area contributed by atoms with Crippen LogP contribution < -0.4 is 10.5 Å². The first-order chi connectivity index (χ1) is 6.63. The Morgan fingerprint density at radius 2 is 2.29 bits per heavy atom. The minimum Gasteiger partial charge on any atom is -0.497 e. The van der Waals surface area contributed by atoms with Gasteiger partial charge in [0, 0.05) is 10.5 Å². The van der Waals surface area contributed by atoms with E-state index >= 15 is 0 Å². The summed E-state index contributed by atoms with van der Waals surface area (Å²) in [4.78, 5) is 10.5. The largest absolute Gasteiger partial charge is 0.497 e. The van der Waals surface area contributed by atoms with E-state index in [1.807, 2.05) is 18.2 Å². The molecule has 0 aliphatic carbocycles. The van der Waals surface area contributed by atoms with Gasteiger partial charge in [-0.1, -0.05) is 22.0 Å². The minimum atomic E-state index is -0.465. The smallest absolute Gasteiger partial charge is 0.241 e. The van der Waals surface area contributed by atoms with Gasteiger partial charge in [0.1, 0.15) is 5.75 Å². The van der Waals surface area contributed by atoms with Crippen LogP contribution in [0.4, 0.5) is 0 Å². The monoisotopic (exact) mass is 255 g/mol. The molecule has 4 heteroatoms.